The van der Waals surface area contributed by atoms with Gasteiger partial charge in [-0.3, -0.25) is 0 Å². The second-order valence-corrected chi connectivity index (χ2v) is 7.75. The Kier molecular flexibility index (Phi) is 3.92. The predicted molar refractivity (Wildman–Crippen MR) is 77.2 cm³/mol. The number of rotatable bonds is 4. The average molecular weight is 349 g/mol. The van der Waals surface area contributed by atoms with Gasteiger partial charge in [0.1, 0.15) is 4.90 Å². The normalized spacial score (nSPS) is 19.1. The van der Waals surface area contributed by atoms with Crippen molar-refractivity contribution in [3.05, 3.63) is 22.7 Å². The second kappa shape index (κ2) is 5.05. The van der Waals surface area contributed by atoms with E-state index < -0.39 is 15.6 Å². The van der Waals surface area contributed by atoms with Crippen molar-refractivity contribution >= 4 is 31.6 Å². The van der Waals surface area contributed by atoms with Crippen LogP contribution < -0.4 is 5.73 Å². The SMILES string of the molecule is CCCC1(O)CN(S(=O)(=O)c2cc(Br)ccc2N)C1. The minimum atomic E-state index is -3.63. The summed E-state index contributed by atoms with van der Waals surface area (Å²) in [5, 5.41) is 10.1. The molecule has 1 aromatic carbocycles. The highest BCUT2D eigenvalue weighted by atomic mass is 79.9. The third-order valence-electron chi connectivity index (χ3n) is 3.25. The van der Waals surface area contributed by atoms with Gasteiger partial charge in [-0.2, -0.15) is 4.31 Å². The first-order valence-electron chi connectivity index (χ1n) is 6.06. The fourth-order valence-corrected chi connectivity index (χ4v) is 4.53. The van der Waals surface area contributed by atoms with Crippen LogP contribution in [0.3, 0.4) is 0 Å². The van der Waals surface area contributed by atoms with Crippen molar-refractivity contribution in [1.82, 2.24) is 4.31 Å². The van der Waals surface area contributed by atoms with Gasteiger partial charge in [-0.05, 0) is 24.6 Å². The molecular weight excluding hydrogens is 332 g/mol. The van der Waals surface area contributed by atoms with Crippen LogP contribution in [0.2, 0.25) is 0 Å². The minimum Gasteiger partial charge on any atom is -0.398 e. The zero-order chi connectivity index (χ0) is 14.3. The van der Waals surface area contributed by atoms with E-state index >= 15 is 0 Å². The topological polar surface area (TPSA) is 83.6 Å². The summed E-state index contributed by atoms with van der Waals surface area (Å²) in [6.45, 7) is 2.23. The number of hydrogen-bond donors (Lipinski definition) is 2. The van der Waals surface area contributed by atoms with Crippen LogP contribution in [0.5, 0.6) is 0 Å². The zero-order valence-corrected chi connectivity index (χ0v) is 13.0. The van der Waals surface area contributed by atoms with E-state index in [1.807, 2.05) is 6.92 Å². The number of nitrogen functional groups attached to an aromatic ring is 1. The molecule has 19 heavy (non-hydrogen) atoms. The Labute approximate surface area is 121 Å². The van der Waals surface area contributed by atoms with Crippen molar-refractivity contribution < 1.29 is 13.5 Å². The maximum atomic E-state index is 12.4. The number of sulfonamides is 1. The van der Waals surface area contributed by atoms with Crippen molar-refractivity contribution in [2.24, 2.45) is 0 Å². The Bertz CT molecular complexity index is 583. The average Bonchev–Trinajstić information content (AvgIpc) is 2.29. The predicted octanol–water partition coefficient (Wildman–Crippen LogP) is 1.57. The molecule has 1 saturated heterocycles. The van der Waals surface area contributed by atoms with E-state index in [0.29, 0.717) is 10.9 Å². The fraction of sp³-hybridized carbons (Fsp3) is 0.500. The number of hydrogen-bond acceptors (Lipinski definition) is 4. The molecule has 0 atom stereocenters. The summed E-state index contributed by atoms with van der Waals surface area (Å²) in [6, 6.07) is 4.73. The summed E-state index contributed by atoms with van der Waals surface area (Å²) in [7, 11) is -3.63. The van der Waals surface area contributed by atoms with Gasteiger partial charge in [0.25, 0.3) is 0 Å². The van der Waals surface area contributed by atoms with Crippen molar-refractivity contribution in [2.45, 2.75) is 30.3 Å². The van der Waals surface area contributed by atoms with Crippen molar-refractivity contribution in [3.63, 3.8) is 0 Å². The Morgan fingerprint density at radius 2 is 2.11 bits per heavy atom. The maximum Gasteiger partial charge on any atom is 0.245 e. The van der Waals surface area contributed by atoms with E-state index in [-0.39, 0.29) is 23.7 Å². The standard InChI is InChI=1S/C12H17BrN2O3S/c1-2-5-12(16)7-15(8-12)19(17,18)11-6-9(13)3-4-10(11)14/h3-4,6,16H,2,5,7-8,14H2,1H3. The molecule has 0 amide bonds. The molecule has 1 aromatic rings. The van der Waals surface area contributed by atoms with Gasteiger partial charge in [0, 0.05) is 17.6 Å². The first-order chi connectivity index (χ1) is 8.78. The van der Waals surface area contributed by atoms with E-state index in [2.05, 4.69) is 15.9 Å². The summed E-state index contributed by atoms with van der Waals surface area (Å²) >= 11 is 3.24. The van der Waals surface area contributed by atoms with Crippen LogP contribution in [0, 0.1) is 0 Å². The molecule has 0 spiro atoms. The third-order valence-corrected chi connectivity index (χ3v) is 5.59. The van der Waals surface area contributed by atoms with E-state index in [1.165, 1.54) is 10.4 Å². The largest absolute Gasteiger partial charge is 0.398 e. The van der Waals surface area contributed by atoms with Crippen LogP contribution in [0.1, 0.15) is 19.8 Å². The van der Waals surface area contributed by atoms with Gasteiger partial charge >= 0.3 is 0 Å². The van der Waals surface area contributed by atoms with Crippen molar-refractivity contribution in [1.29, 1.82) is 0 Å². The van der Waals surface area contributed by atoms with Gasteiger partial charge in [0.05, 0.1) is 11.3 Å². The summed E-state index contributed by atoms with van der Waals surface area (Å²) in [6.07, 6.45) is 1.43. The molecular formula is C12H17BrN2O3S. The number of anilines is 1. The molecule has 1 heterocycles. The van der Waals surface area contributed by atoms with Crippen LogP contribution in [0.25, 0.3) is 0 Å². The molecule has 1 aliphatic heterocycles. The minimum absolute atomic E-state index is 0.0837. The fourth-order valence-electron chi connectivity index (χ4n) is 2.27. The lowest BCUT2D eigenvalue weighted by molar-refractivity contribution is -0.0653. The van der Waals surface area contributed by atoms with E-state index in [0.717, 1.165) is 6.42 Å². The molecule has 0 bridgehead atoms. The molecule has 0 radical (unpaired) electrons. The van der Waals surface area contributed by atoms with E-state index in [1.54, 1.807) is 12.1 Å². The summed E-state index contributed by atoms with van der Waals surface area (Å²) in [5.41, 5.74) is 5.06. The highest BCUT2D eigenvalue weighted by Crippen LogP contribution is 2.33. The van der Waals surface area contributed by atoms with Gasteiger partial charge in [0.2, 0.25) is 10.0 Å². The third kappa shape index (κ3) is 2.79. The van der Waals surface area contributed by atoms with Gasteiger partial charge in [-0.1, -0.05) is 29.3 Å². The monoisotopic (exact) mass is 348 g/mol. The Morgan fingerprint density at radius 3 is 2.68 bits per heavy atom. The summed E-state index contributed by atoms with van der Waals surface area (Å²) in [4.78, 5) is 0.0837. The Hall–Kier alpha value is -0.630. The van der Waals surface area contributed by atoms with Crippen LogP contribution in [-0.4, -0.2) is 36.5 Å². The summed E-state index contributed by atoms with van der Waals surface area (Å²) in [5.74, 6) is 0. The van der Waals surface area contributed by atoms with E-state index in [4.69, 9.17) is 5.73 Å². The zero-order valence-electron chi connectivity index (χ0n) is 10.6. The molecule has 5 nitrogen and oxygen atoms in total. The number of halogens is 1. The lowest BCUT2D eigenvalue weighted by Gasteiger charge is -2.45. The highest BCUT2D eigenvalue weighted by Gasteiger charge is 2.46. The van der Waals surface area contributed by atoms with Gasteiger partial charge in [-0.15, -0.1) is 0 Å². The van der Waals surface area contributed by atoms with Gasteiger partial charge < -0.3 is 10.8 Å². The smallest absolute Gasteiger partial charge is 0.245 e. The quantitative estimate of drug-likeness (QED) is 0.809. The van der Waals surface area contributed by atoms with Crippen LogP contribution in [0.4, 0.5) is 5.69 Å². The Morgan fingerprint density at radius 1 is 1.47 bits per heavy atom. The molecule has 1 aliphatic rings. The first-order valence-corrected chi connectivity index (χ1v) is 8.29. The molecule has 106 valence electrons. The summed E-state index contributed by atoms with van der Waals surface area (Å²) < 4.78 is 26.7. The Balaban J connectivity index is 2.24. The van der Waals surface area contributed by atoms with Gasteiger partial charge in [-0.25, -0.2) is 8.42 Å². The molecule has 0 unspecified atom stereocenters. The molecule has 2 rings (SSSR count). The molecule has 1 fully saturated rings. The second-order valence-electron chi connectivity index (χ2n) is 4.93. The number of nitrogens with two attached hydrogens (primary N) is 1. The molecule has 0 aliphatic carbocycles. The molecule has 0 aromatic heterocycles. The van der Waals surface area contributed by atoms with Crippen molar-refractivity contribution in [3.8, 4) is 0 Å². The van der Waals surface area contributed by atoms with Crippen LogP contribution in [-0.2, 0) is 10.0 Å². The molecule has 0 saturated carbocycles. The maximum absolute atomic E-state index is 12.4. The first kappa shape index (κ1) is 14.8. The van der Waals surface area contributed by atoms with Crippen LogP contribution >= 0.6 is 15.9 Å². The van der Waals surface area contributed by atoms with Crippen molar-refractivity contribution in [2.75, 3.05) is 18.8 Å². The number of aliphatic hydroxyl groups is 1. The highest BCUT2D eigenvalue weighted by molar-refractivity contribution is 9.10. The lowest BCUT2D eigenvalue weighted by Crippen LogP contribution is -2.63. The number of β-amino-alcohol motifs (C(OH)–C–C–N with tert-alkyl or cyclic N) is 1. The number of benzene rings is 1. The molecule has 3 N–H and O–H groups in total. The molecule has 7 heteroatoms. The number of nitrogens with zero attached hydrogens (tertiary/aromatic N) is 1. The lowest BCUT2D eigenvalue weighted by atomic mass is 9.92. The van der Waals surface area contributed by atoms with Gasteiger partial charge in [0.15, 0.2) is 0 Å². The van der Waals surface area contributed by atoms with E-state index in [9.17, 15) is 13.5 Å². The van der Waals surface area contributed by atoms with Crippen LogP contribution in [0.15, 0.2) is 27.6 Å².